The van der Waals surface area contributed by atoms with Crippen LogP contribution in [0.1, 0.15) is 25.3 Å². The first kappa shape index (κ1) is 13.1. The van der Waals surface area contributed by atoms with Crippen molar-refractivity contribution in [1.29, 1.82) is 0 Å². The number of carbonyl (C=O) groups excluding carboxylic acids is 1. The van der Waals surface area contributed by atoms with Crippen molar-refractivity contribution >= 4 is 17.3 Å². The van der Waals surface area contributed by atoms with Crippen LogP contribution in [-0.4, -0.2) is 24.2 Å². The van der Waals surface area contributed by atoms with Crippen LogP contribution >= 0.6 is 0 Å². The number of amides is 1. The van der Waals surface area contributed by atoms with Crippen LogP contribution in [0.15, 0.2) is 41.0 Å². The highest BCUT2D eigenvalue weighted by Crippen LogP contribution is 2.34. The van der Waals surface area contributed by atoms with Gasteiger partial charge in [0.1, 0.15) is 0 Å². The van der Waals surface area contributed by atoms with Crippen LogP contribution in [-0.2, 0) is 11.2 Å². The third-order valence-electron chi connectivity index (χ3n) is 4.08. The zero-order valence-electron chi connectivity index (χ0n) is 11.7. The Hall–Kier alpha value is -1.94. The van der Waals surface area contributed by atoms with Gasteiger partial charge in [-0.15, -0.1) is 0 Å². The Kier molecular flexibility index (Phi) is 3.40. The molecule has 104 valence electrons. The van der Waals surface area contributed by atoms with E-state index in [1.165, 1.54) is 11.1 Å². The fourth-order valence-corrected chi connectivity index (χ4v) is 2.98. The molecular formula is C16H19N3O. The van der Waals surface area contributed by atoms with Crippen molar-refractivity contribution in [3.05, 3.63) is 41.6 Å². The number of anilines is 1. The monoisotopic (exact) mass is 269 g/mol. The van der Waals surface area contributed by atoms with E-state index in [1.807, 2.05) is 29.3 Å². The summed E-state index contributed by atoms with van der Waals surface area (Å²) in [6.07, 6.45) is 4.68. The van der Waals surface area contributed by atoms with Gasteiger partial charge in [0.25, 0.3) is 0 Å². The Morgan fingerprint density at radius 1 is 1.45 bits per heavy atom. The molecule has 1 atom stereocenters. The molecule has 0 fully saturated rings. The van der Waals surface area contributed by atoms with E-state index in [-0.39, 0.29) is 18.5 Å². The molecule has 4 heteroatoms. The van der Waals surface area contributed by atoms with Gasteiger partial charge in [-0.05, 0) is 23.6 Å². The summed E-state index contributed by atoms with van der Waals surface area (Å²) >= 11 is 0. The minimum atomic E-state index is -0.0346. The molecule has 1 aromatic carbocycles. The molecule has 2 aliphatic rings. The molecule has 0 bridgehead atoms. The molecule has 1 unspecified atom stereocenters. The lowest BCUT2D eigenvalue weighted by molar-refractivity contribution is -0.117. The molecule has 2 aliphatic heterocycles. The summed E-state index contributed by atoms with van der Waals surface area (Å²) in [5, 5.41) is 0. The smallest absolute Gasteiger partial charge is 0.241 e. The van der Waals surface area contributed by atoms with Gasteiger partial charge in [-0.1, -0.05) is 25.1 Å². The average Bonchev–Trinajstić information content (AvgIpc) is 3.10. The molecule has 0 spiro atoms. The maximum atomic E-state index is 12.2. The van der Waals surface area contributed by atoms with Gasteiger partial charge in [-0.25, -0.2) is 0 Å². The third-order valence-corrected chi connectivity index (χ3v) is 4.08. The van der Waals surface area contributed by atoms with Crippen LogP contribution in [0.3, 0.4) is 0 Å². The lowest BCUT2D eigenvalue weighted by atomic mass is 10.0. The van der Waals surface area contributed by atoms with Crippen molar-refractivity contribution in [2.75, 3.05) is 11.4 Å². The van der Waals surface area contributed by atoms with Gasteiger partial charge in [0.2, 0.25) is 5.91 Å². The number of nitrogens with zero attached hydrogens (tertiary/aromatic N) is 2. The zero-order valence-corrected chi connectivity index (χ0v) is 11.7. The molecule has 0 radical (unpaired) electrons. The quantitative estimate of drug-likeness (QED) is 0.913. The summed E-state index contributed by atoms with van der Waals surface area (Å²) in [7, 11) is 0. The molecule has 0 saturated carbocycles. The molecule has 0 aliphatic carbocycles. The van der Waals surface area contributed by atoms with E-state index in [1.54, 1.807) is 0 Å². The highest BCUT2D eigenvalue weighted by Gasteiger charge is 2.36. The fraction of sp³-hybridized carbons (Fsp3) is 0.375. The number of rotatable bonds is 3. The van der Waals surface area contributed by atoms with Crippen LogP contribution in [0.5, 0.6) is 0 Å². The Labute approximate surface area is 119 Å². The predicted octanol–water partition coefficient (Wildman–Crippen LogP) is 2.04. The lowest BCUT2D eigenvalue weighted by Gasteiger charge is -2.25. The summed E-state index contributed by atoms with van der Waals surface area (Å²) in [5.74, 6) is -0.0346. The summed E-state index contributed by atoms with van der Waals surface area (Å²) in [4.78, 5) is 18.6. The molecule has 4 nitrogen and oxygen atoms in total. The first-order chi connectivity index (χ1) is 9.74. The summed E-state index contributed by atoms with van der Waals surface area (Å²) < 4.78 is 0. The zero-order chi connectivity index (χ0) is 14.1. The van der Waals surface area contributed by atoms with Crippen molar-refractivity contribution in [1.82, 2.24) is 0 Å². The number of hydrogen-bond acceptors (Lipinski definition) is 3. The summed E-state index contributed by atoms with van der Waals surface area (Å²) in [5.41, 5.74) is 10.2. The number of hydrogen-bond donors (Lipinski definition) is 1. The van der Waals surface area contributed by atoms with E-state index in [0.29, 0.717) is 0 Å². The number of fused-ring (bicyclic) bond motifs is 1. The second-order valence-electron chi connectivity index (χ2n) is 5.25. The lowest BCUT2D eigenvalue weighted by Crippen LogP contribution is -2.45. The molecule has 0 aromatic heterocycles. The van der Waals surface area contributed by atoms with Crippen LogP contribution in [0.25, 0.3) is 0 Å². The van der Waals surface area contributed by atoms with Gasteiger partial charge in [-0.2, -0.15) is 0 Å². The normalized spacial score (nSPS) is 20.7. The van der Waals surface area contributed by atoms with Crippen molar-refractivity contribution in [2.24, 2.45) is 10.7 Å². The van der Waals surface area contributed by atoms with Crippen LogP contribution in [0, 0.1) is 0 Å². The Morgan fingerprint density at radius 3 is 2.95 bits per heavy atom. The molecule has 20 heavy (non-hydrogen) atoms. The largest absolute Gasteiger partial charge is 0.322 e. The number of allylic oxidation sites excluding steroid dienone is 1. The number of aliphatic imine (C=N–C) groups is 1. The maximum Gasteiger partial charge on any atom is 0.241 e. The van der Waals surface area contributed by atoms with Crippen LogP contribution in [0.4, 0.5) is 5.69 Å². The molecule has 2 N–H and O–H groups in total. The minimum absolute atomic E-state index is 0.0312. The van der Waals surface area contributed by atoms with Crippen molar-refractivity contribution < 1.29 is 4.79 Å². The van der Waals surface area contributed by atoms with E-state index >= 15 is 0 Å². The molecule has 3 rings (SSSR count). The van der Waals surface area contributed by atoms with Crippen molar-refractivity contribution in [3.63, 3.8) is 0 Å². The number of nitrogens with two attached hydrogens (primary N) is 1. The maximum absolute atomic E-state index is 12.2. The predicted molar refractivity (Wildman–Crippen MR) is 80.9 cm³/mol. The van der Waals surface area contributed by atoms with E-state index in [9.17, 15) is 4.79 Å². The summed E-state index contributed by atoms with van der Waals surface area (Å²) in [6.45, 7) is 2.17. The Morgan fingerprint density at radius 2 is 2.25 bits per heavy atom. The molecule has 1 amide bonds. The average molecular weight is 269 g/mol. The van der Waals surface area contributed by atoms with Crippen molar-refractivity contribution in [3.8, 4) is 0 Å². The number of carbonyl (C=O) groups is 1. The standard InChI is InChI=1S/C16H19N3O/c1-2-11-7-13(18-10-11)15-8-12-5-3-4-6-14(12)19(15)16(20)9-17/h3-6,10,15H,2,7-9,17H2,1H3. The van der Waals surface area contributed by atoms with Gasteiger partial charge in [0, 0.05) is 30.4 Å². The molecule has 1 aromatic rings. The van der Waals surface area contributed by atoms with Gasteiger partial charge >= 0.3 is 0 Å². The second-order valence-corrected chi connectivity index (χ2v) is 5.25. The van der Waals surface area contributed by atoms with Crippen LogP contribution in [0.2, 0.25) is 0 Å². The Balaban J connectivity index is 1.91. The minimum Gasteiger partial charge on any atom is -0.322 e. The van der Waals surface area contributed by atoms with E-state index in [2.05, 4.69) is 18.0 Å². The SMILES string of the molecule is CCC1=CN=C(C2Cc3ccccc3N2C(=O)CN)C1. The molecule has 0 saturated heterocycles. The topological polar surface area (TPSA) is 58.7 Å². The van der Waals surface area contributed by atoms with Gasteiger partial charge in [0.05, 0.1) is 12.6 Å². The first-order valence-corrected chi connectivity index (χ1v) is 7.09. The fourth-order valence-electron chi connectivity index (χ4n) is 2.98. The van der Waals surface area contributed by atoms with Crippen LogP contribution < -0.4 is 10.6 Å². The van der Waals surface area contributed by atoms with Gasteiger partial charge < -0.3 is 10.6 Å². The third kappa shape index (κ3) is 2.06. The van der Waals surface area contributed by atoms with E-state index < -0.39 is 0 Å². The number of para-hydroxylation sites is 1. The van der Waals surface area contributed by atoms with Crippen molar-refractivity contribution in [2.45, 2.75) is 32.2 Å². The Bertz CT molecular complexity index is 603. The van der Waals surface area contributed by atoms with E-state index in [4.69, 9.17) is 5.73 Å². The second kappa shape index (κ2) is 5.21. The molecule has 2 heterocycles. The van der Waals surface area contributed by atoms with E-state index in [0.717, 1.165) is 30.7 Å². The first-order valence-electron chi connectivity index (χ1n) is 7.09. The van der Waals surface area contributed by atoms with Gasteiger partial charge in [0.15, 0.2) is 0 Å². The molecular weight excluding hydrogens is 250 g/mol. The highest BCUT2D eigenvalue weighted by atomic mass is 16.2. The highest BCUT2D eigenvalue weighted by molar-refractivity contribution is 6.07. The number of benzene rings is 1. The van der Waals surface area contributed by atoms with Gasteiger partial charge in [-0.3, -0.25) is 9.79 Å². The summed E-state index contributed by atoms with van der Waals surface area (Å²) in [6, 6.07) is 8.08.